The second-order valence-electron chi connectivity index (χ2n) is 8.82. The largest absolute Gasteiger partial charge is 0.493 e. The average Bonchev–Trinajstić information content (AvgIpc) is 3.32. The van der Waals surface area contributed by atoms with Crippen molar-refractivity contribution in [1.29, 1.82) is 0 Å². The lowest BCUT2D eigenvalue weighted by atomic mass is 9.91. The fourth-order valence-electron chi connectivity index (χ4n) is 4.66. The van der Waals surface area contributed by atoms with E-state index in [0.29, 0.717) is 12.6 Å². The Balaban J connectivity index is 1.19. The molecule has 0 atom stereocenters. The molecule has 1 aromatic carbocycles. The van der Waals surface area contributed by atoms with Crippen LogP contribution in [-0.2, 0) is 13.0 Å². The minimum absolute atomic E-state index is 0.0779. The molecule has 1 amide bonds. The minimum atomic E-state index is -0.368. The Bertz CT molecular complexity index is 1180. The van der Waals surface area contributed by atoms with Crippen LogP contribution in [0.15, 0.2) is 59.8 Å². The summed E-state index contributed by atoms with van der Waals surface area (Å²) in [5.41, 5.74) is 3.89. The molecule has 3 heterocycles. The lowest BCUT2D eigenvalue weighted by molar-refractivity contribution is 0.0922. The zero-order valence-corrected chi connectivity index (χ0v) is 18.5. The molecule has 1 aliphatic carbocycles. The predicted molar refractivity (Wildman–Crippen MR) is 126 cm³/mol. The van der Waals surface area contributed by atoms with E-state index in [-0.39, 0.29) is 23.1 Å². The number of rotatable bonds is 6. The van der Waals surface area contributed by atoms with Gasteiger partial charge in [0.05, 0.1) is 6.61 Å². The summed E-state index contributed by atoms with van der Waals surface area (Å²) in [6, 6.07) is 12.2. The molecule has 1 saturated carbocycles. The van der Waals surface area contributed by atoms with E-state index in [1.54, 1.807) is 18.5 Å². The van der Waals surface area contributed by atoms with E-state index < -0.39 is 0 Å². The van der Waals surface area contributed by atoms with Gasteiger partial charge in [0.15, 0.2) is 0 Å². The van der Waals surface area contributed by atoms with Gasteiger partial charge in [0, 0.05) is 43.6 Å². The molecule has 7 heteroatoms. The molecule has 33 heavy (non-hydrogen) atoms. The molecule has 0 spiro atoms. The van der Waals surface area contributed by atoms with Gasteiger partial charge in [0.2, 0.25) is 0 Å². The van der Waals surface area contributed by atoms with E-state index in [1.807, 2.05) is 24.4 Å². The number of hydrogen-bond donors (Lipinski definition) is 3. The van der Waals surface area contributed by atoms with Crippen LogP contribution in [-0.4, -0.2) is 34.6 Å². The first-order chi connectivity index (χ1) is 16.2. The van der Waals surface area contributed by atoms with Gasteiger partial charge >= 0.3 is 0 Å². The fraction of sp³-hybridized carbons (Fsp3) is 0.346. The Kier molecular flexibility index (Phi) is 6.21. The number of ether oxygens (including phenoxy) is 1. The Morgan fingerprint density at radius 2 is 1.94 bits per heavy atom. The van der Waals surface area contributed by atoms with Crippen molar-refractivity contribution in [2.75, 3.05) is 6.61 Å². The number of H-pyrrole nitrogens is 1. The van der Waals surface area contributed by atoms with Crippen LogP contribution in [0.5, 0.6) is 5.75 Å². The number of hydrogen-bond acceptors (Lipinski definition) is 5. The van der Waals surface area contributed by atoms with Crippen molar-refractivity contribution in [3.05, 3.63) is 82.0 Å². The number of carbonyl (C=O) groups excluding carboxylic acids is 1. The van der Waals surface area contributed by atoms with Crippen molar-refractivity contribution in [3.63, 3.8) is 0 Å². The zero-order chi connectivity index (χ0) is 22.6. The summed E-state index contributed by atoms with van der Waals surface area (Å²) in [5.74, 6) is 0.598. The summed E-state index contributed by atoms with van der Waals surface area (Å²) in [4.78, 5) is 32.2. The molecule has 1 aliphatic heterocycles. The van der Waals surface area contributed by atoms with Gasteiger partial charge < -0.3 is 20.4 Å². The number of aromatic nitrogens is 2. The molecule has 7 nitrogen and oxygen atoms in total. The number of amides is 1. The van der Waals surface area contributed by atoms with Crippen molar-refractivity contribution < 1.29 is 9.53 Å². The molecule has 3 N–H and O–H groups in total. The molecule has 0 saturated heterocycles. The highest BCUT2D eigenvalue weighted by atomic mass is 16.5. The summed E-state index contributed by atoms with van der Waals surface area (Å²) in [5, 5.41) is 6.65. The minimum Gasteiger partial charge on any atom is -0.493 e. The predicted octanol–water partition coefficient (Wildman–Crippen LogP) is 3.20. The van der Waals surface area contributed by atoms with E-state index in [0.717, 1.165) is 61.1 Å². The van der Waals surface area contributed by atoms with Crippen molar-refractivity contribution in [3.8, 4) is 16.9 Å². The van der Waals surface area contributed by atoms with Crippen molar-refractivity contribution in [1.82, 2.24) is 20.6 Å². The van der Waals surface area contributed by atoms with Crippen molar-refractivity contribution in [2.45, 2.75) is 50.7 Å². The number of benzene rings is 1. The maximum Gasteiger partial charge on any atom is 0.260 e. The molecule has 0 unspecified atom stereocenters. The lowest BCUT2D eigenvalue weighted by Crippen LogP contribution is -2.43. The van der Waals surface area contributed by atoms with Crippen LogP contribution in [0, 0.1) is 0 Å². The molecule has 3 aromatic rings. The highest BCUT2D eigenvalue weighted by Crippen LogP contribution is 2.30. The summed E-state index contributed by atoms with van der Waals surface area (Å²) < 4.78 is 5.57. The highest BCUT2D eigenvalue weighted by molar-refractivity contribution is 5.95. The summed E-state index contributed by atoms with van der Waals surface area (Å²) >= 11 is 0. The highest BCUT2D eigenvalue weighted by Gasteiger charge is 2.24. The number of pyridine rings is 2. The maximum atomic E-state index is 12.9. The van der Waals surface area contributed by atoms with Crippen LogP contribution in [0.25, 0.3) is 11.1 Å². The van der Waals surface area contributed by atoms with E-state index in [1.165, 1.54) is 5.56 Å². The number of carbonyl (C=O) groups is 1. The molecular weight excluding hydrogens is 416 g/mol. The van der Waals surface area contributed by atoms with Gasteiger partial charge in [-0.15, -0.1) is 0 Å². The van der Waals surface area contributed by atoms with E-state index in [4.69, 9.17) is 4.74 Å². The summed E-state index contributed by atoms with van der Waals surface area (Å²) in [6.07, 6.45) is 9.94. The van der Waals surface area contributed by atoms with Crippen molar-refractivity contribution in [2.24, 2.45) is 0 Å². The fourth-order valence-corrected chi connectivity index (χ4v) is 4.66. The molecule has 170 valence electrons. The van der Waals surface area contributed by atoms with Crippen LogP contribution in [0.4, 0.5) is 0 Å². The molecule has 2 aliphatic rings. The molecule has 2 aromatic heterocycles. The second-order valence-corrected chi connectivity index (χ2v) is 8.82. The SMILES string of the molecule is O=C(NC1CCC(NCc2cccnc2)CC1)c1cc(-c2ccc3c(c2)CCO3)c[nH]c1=O. The van der Waals surface area contributed by atoms with Gasteiger partial charge in [-0.1, -0.05) is 12.1 Å². The first-order valence-corrected chi connectivity index (χ1v) is 11.6. The topological polar surface area (TPSA) is 96.1 Å². The molecule has 0 radical (unpaired) electrons. The Labute approximate surface area is 192 Å². The Hall–Kier alpha value is -3.45. The zero-order valence-electron chi connectivity index (χ0n) is 18.5. The lowest BCUT2D eigenvalue weighted by Gasteiger charge is -2.29. The van der Waals surface area contributed by atoms with Gasteiger partial charge in [-0.3, -0.25) is 14.6 Å². The number of aromatic amines is 1. The number of fused-ring (bicyclic) bond motifs is 1. The van der Waals surface area contributed by atoms with E-state index >= 15 is 0 Å². The van der Waals surface area contributed by atoms with Crippen LogP contribution >= 0.6 is 0 Å². The van der Waals surface area contributed by atoms with Crippen molar-refractivity contribution >= 4 is 5.91 Å². The maximum absolute atomic E-state index is 12.9. The first-order valence-electron chi connectivity index (χ1n) is 11.6. The number of nitrogens with zero attached hydrogens (tertiary/aromatic N) is 1. The van der Waals surface area contributed by atoms with Gasteiger partial charge in [0.1, 0.15) is 11.3 Å². The first kappa shape index (κ1) is 21.4. The van der Waals surface area contributed by atoms with Gasteiger partial charge in [-0.2, -0.15) is 0 Å². The quantitative estimate of drug-likeness (QED) is 0.543. The summed E-state index contributed by atoms with van der Waals surface area (Å²) in [6.45, 7) is 1.49. The average molecular weight is 445 g/mol. The molecule has 1 fully saturated rings. The monoisotopic (exact) mass is 444 g/mol. The third-order valence-electron chi connectivity index (χ3n) is 6.55. The Morgan fingerprint density at radius 1 is 1.09 bits per heavy atom. The molecule has 0 bridgehead atoms. The third-order valence-corrected chi connectivity index (χ3v) is 6.55. The van der Waals surface area contributed by atoms with Crippen LogP contribution < -0.4 is 20.9 Å². The van der Waals surface area contributed by atoms with Gasteiger partial charge in [-0.05, 0) is 72.2 Å². The normalized spacial score (nSPS) is 19.5. The summed E-state index contributed by atoms with van der Waals surface area (Å²) in [7, 11) is 0. The van der Waals surface area contributed by atoms with Gasteiger partial charge in [0.25, 0.3) is 11.5 Å². The molecule has 5 rings (SSSR count). The van der Waals surface area contributed by atoms with Crippen LogP contribution in [0.3, 0.4) is 0 Å². The van der Waals surface area contributed by atoms with E-state index in [9.17, 15) is 9.59 Å². The van der Waals surface area contributed by atoms with Gasteiger partial charge in [-0.25, -0.2) is 0 Å². The van der Waals surface area contributed by atoms with Crippen LogP contribution in [0.1, 0.15) is 47.2 Å². The van der Waals surface area contributed by atoms with E-state index in [2.05, 4.69) is 32.7 Å². The smallest absolute Gasteiger partial charge is 0.260 e. The Morgan fingerprint density at radius 3 is 2.76 bits per heavy atom. The molecular formula is C26H28N4O3. The third kappa shape index (κ3) is 4.98. The number of nitrogens with one attached hydrogen (secondary N) is 3. The standard InChI is InChI=1S/C26H28N4O3/c31-25-23(13-20(16-29-25)18-3-8-24-19(12-18)9-11-33-24)26(32)30-22-6-4-21(5-7-22)28-15-17-2-1-10-27-14-17/h1-3,8,10,12-14,16,21-22,28H,4-7,9,11,15H2,(H,29,31)(H,30,32). The van der Waals surface area contributed by atoms with Crippen LogP contribution in [0.2, 0.25) is 0 Å². The second kappa shape index (κ2) is 9.58.